The molecule has 0 spiro atoms. The van der Waals surface area contributed by atoms with Crippen LogP contribution < -0.4 is 10.6 Å². The van der Waals surface area contributed by atoms with Crippen LogP contribution in [0.4, 0.5) is 5.13 Å². The van der Waals surface area contributed by atoms with Gasteiger partial charge in [0.2, 0.25) is 5.91 Å². The summed E-state index contributed by atoms with van der Waals surface area (Å²) >= 11 is 1.29. The van der Waals surface area contributed by atoms with Gasteiger partial charge in [-0.15, -0.1) is 11.3 Å². The Balaban J connectivity index is 1.66. The van der Waals surface area contributed by atoms with Gasteiger partial charge in [-0.2, -0.15) is 0 Å². The quantitative estimate of drug-likeness (QED) is 0.584. The molecule has 7 nitrogen and oxygen atoms in total. The second-order valence-electron chi connectivity index (χ2n) is 6.72. The first-order chi connectivity index (χ1) is 14.2. The van der Waals surface area contributed by atoms with Crippen LogP contribution in [0.2, 0.25) is 0 Å². The Hall–Kier alpha value is -3.04. The molecule has 0 saturated carbocycles. The molecule has 3 rings (SSSR count). The van der Waals surface area contributed by atoms with Crippen molar-refractivity contribution in [3.05, 3.63) is 65.0 Å². The van der Waals surface area contributed by atoms with Crippen molar-refractivity contribution in [2.24, 2.45) is 0 Å². The van der Waals surface area contributed by atoms with E-state index in [1.165, 1.54) is 36.5 Å². The molecule has 30 heavy (non-hydrogen) atoms. The Labute approximate surface area is 179 Å². The molecule has 1 heterocycles. The van der Waals surface area contributed by atoms with E-state index in [2.05, 4.69) is 15.6 Å². The van der Waals surface area contributed by atoms with Crippen LogP contribution in [0.5, 0.6) is 0 Å². The molecule has 0 unspecified atom stereocenters. The van der Waals surface area contributed by atoms with Crippen molar-refractivity contribution in [1.29, 1.82) is 0 Å². The summed E-state index contributed by atoms with van der Waals surface area (Å²) in [6, 6.07) is 13.7. The summed E-state index contributed by atoms with van der Waals surface area (Å²) in [5, 5.41) is 7.74. The summed E-state index contributed by atoms with van der Waals surface area (Å²) in [6.07, 6.45) is 1.84. The number of hydrogen-bond donors (Lipinski definition) is 2. The van der Waals surface area contributed by atoms with E-state index in [1.54, 1.807) is 6.07 Å². The molecular formula is C21H21N3O4S2. The Bertz CT molecular complexity index is 1170. The van der Waals surface area contributed by atoms with Crippen LogP contribution in [-0.4, -0.2) is 38.0 Å². The van der Waals surface area contributed by atoms with Gasteiger partial charge in [0.15, 0.2) is 15.0 Å². The highest BCUT2D eigenvalue weighted by molar-refractivity contribution is 7.90. The topological polar surface area (TPSA) is 105 Å². The number of sulfone groups is 1. The lowest BCUT2D eigenvalue weighted by Crippen LogP contribution is -2.22. The van der Waals surface area contributed by atoms with Crippen molar-refractivity contribution in [2.75, 3.05) is 18.1 Å². The van der Waals surface area contributed by atoms with Crippen LogP contribution in [0.3, 0.4) is 0 Å². The van der Waals surface area contributed by atoms with Crippen molar-refractivity contribution < 1.29 is 18.0 Å². The smallest absolute Gasteiger partial charge is 0.257 e. The molecule has 0 saturated heterocycles. The Morgan fingerprint density at radius 2 is 1.83 bits per heavy atom. The molecule has 0 aliphatic carbocycles. The number of benzene rings is 2. The third-order valence-electron chi connectivity index (χ3n) is 4.29. The maximum atomic E-state index is 12.5. The summed E-state index contributed by atoms with van der Waals surface area (Å²) in [7, 11) is -3.39. The van der Waals surface area contributed by atoms with Crippen molar-refractivity contribution in [2.45, 2.75) is 18.2 Å². The first-order valence-corrected chi connectivity index (χ1v) is 11.9. The first-order valence-electron chi connectivity index (χ1n) is 9.13. The van der Waals surface area contributed by atoms with Gasteiger partial charge in [-0.1, -0.05) is 30.3 Å². The standard InChI is InChI=1S/C21H21N3O4S2/c1-14(25)22-11-10-15-6-8-16(9-7-15)19-13-29-21(23-19)24-20(26)17-4-3-5-18(12-17)30(2,27)28/h3-9,12-13H,10-11H2,1-2H3,(H,22,25)(H,23,24,26). The van der Waals surface area contributed by atoms with E-state index >= 15 is 0 Å². The molecule has 1 aromatic heterocycles. The third-order valence-corrected chi connectivity index (χ3v) is 6.15. The number of thiazole rings is 1. The van der Waals surface area contributed by atoms with Crippen molar-refractivity contribution in [1.82, 2.24) is 10.3 Å². The van der Waals surface area contributed by atoms with E-state index in [4.69, 9.17) is 0 Å². The van der Waals surface area contributed by atoms with Gasteiger partial charge in [0.25, 0.3) is 5.91 Å². The van der Waals surface area contributed by atoms with E-state index in [9.17, 15) is 18.0 Å². The Morgan fingerprint density at radius 1 is 1.10 bits per heavy atom. The predicted octanol–water partition coefficient (Wildman–Crippen LogP) is 3.14. The van der Waals surface area contributed by atoms with E-state index < -0.39 is 15.7 Å². The summed E-state index contributed by atoms with van der Waals surface area (Å²) in [5.41, 5.74) is 2.99. The van der Waals surface area contributed by atoms with Crippen LogP contribution in [0.15, 0.2) is 58.8 Å². The van der Waals surface area contributed by atoms with Crippen LogP contribution in [0, 0.1) is 0 Å². The lowest BCUT2D eigenvalue weighted by Gasteiger charge is -2.04. The molecule has 0 fully saturated rings. The zero-order valence-corrected chi connectivity index (χ0v) is 18.1. The van der Waals surface area contributed by atoms with Gasteiger partial charge < -0.3 is 5.32 Å². The van der Waals surface area contributed by atoms with Crippen molar-refractivity contribution in [3.8, 4) is 11.3 Å². The first kappa shape index (κ1) is 21.7. The summed E-state index contributed by atoms with van der Waals surface area (Å²) in [5.74, 6) is -0.471. The summed E-state index contributed by atoms with van der Waals surface area (Å²) in [6.45, 7) is 2.08. The van der Waals surface area contributed by atoms with Crippen LogP contribution in [-0.2, 0) is 21.1 Å². The molecule has 156 valence electrons. The lowest BCUT2D eigenvalue weighted by atomic mass is 10.1. The molecule has 0 atom stereocenters. The van der Waals surface area contributed by atoms with Gasteiger partial charge in [0, 0.05) is 36.2 Å². The van der Waals surface area contributed by atoms with Gasteiger partial charge >= 0.3 is 0 Å². The summed E-state index contributed by atoms with van der Waals surface area (Å²) in [4.78, 5) is 27.9. The average Bonchev–Trinajstić information content (AvgIpc) is 3.16. The van der Waals surface area contributed by atoms with Gasteiger partial charge in [-0.25, -0.2) is 13.4 Å². The number of carbonyl (C=O) groups excluding carboxylic acids is 2. The van der Waals surface area contributed by atoms with Crippen LogP contribution >= 0.6 is 11.3 Å². The minimum absolute atomic E-state index is 0.0493. The molecule has 2 amide bonds. The Morgan fingerprint density at radius 3 is 2.50 bits per heavy atom. The van der Waals surface area contributed by atoms with E-state index in [0.29, 0.717) is 11.7 Å². The third kappa shape index (κ3) is 5.74. The number of amides is 2. The van der Waals surface area contributed by atoms with Crippen LogP contribution in [0.25, 0.3) is 11.3 Å². The fraction of sp³-hybridized carbons (Fsp3) is 0.190. The molecule has 2 N–H and O–H groups in total. The molecule has 0 aliphatic rings. The minimum atomic E-state index is -3.39. The maximum Gasteiger partial charge on any atom is 0.257 e. The highest BCUT2D eigenvalue weighted by Crippen LogP contribution is 2.26. The minimum Gasteiger partial charge on any atom is -0.356 e. The van der Waals surface area contributed by atoms with Gasteiger partial charge in [0.05, 0.1) is 10.6 Å². The second-order valence-corrected chi connectivity index (χ2v) is 9.60. The predicted molar refractivity (Wildman–Crippen MR) is 117 cm³/mol. The molecule has 0 bridgehead atoms. The zero-order valence-electron chi connectivity index (χ0n) is 16.5. The zero-order chi connectivity index (χ0) is 21.7. The van der Waals surface area contributed by atoms with Crippen LogP contribution in [0.1, 0.15) is 22.8 Å². The average molecular weight is 444 g/mol. The number of nitrogens with one attached hydrogen (secondary N) is 2. The van der Waals surface area contributed by atoms with Gasteiger partial charge in [0.1, 0.15) is 0 Å². The number of rotatable bonds is 7. The van der Waals surface area contributed by atoms with E-state index in [-0.39, 0.29) is 16.4 Å². The lowest BCUT2D eigenvalue weighted by molar-refractivity contribution is -0.118. The fourth-order valence-electron chi connectivity index (χ4n) is 2.73. The molecule has 0 aliphatic heterocycles. The van der Waals surface area contributed by atoms with Crippen molar-refractivity contribution in [3.63, 3.8) is 0 Å². The molecular weight excluding hydrogens is 422 g/mol. The highest BCUT2D eigenvalue weighted by Gasteiger charge is 2.13. The molecule has 9 heteroatoms. The SMILES string of the molecule is CC(=O)NCCc1ccc(-c2csc(NC(=O)c3cccc(S(C)(=O)=O)c3)n2)cc1. The highest BCUT2D eigenvalue weighted by atomic mass is 32.2. The Kier molecular flexibility index (Phi) is 6.63. The van der Waals surface area contributed by atoms with Crippen molar-refractivity contribution >= 4 is 38.1 Å². The van der Waals surface area contributed by atoms with E-state index in [0.717, 1.165) is 29.5 Å². The molecule has 3 aromatic rings. The number of hydrogen-bond acceptors (Lipinski definition) is 6. The normalized spacial score (nSPS) is 11.1. The number of aromatic nitrogens is 1. The van der Waals surface area contributed by atoms with E-state index in [1.807, 2.05) is 29.6 Å². The van der Waals surface area contributed by atoms with Gasteiger partial charge in [-0.3, -0.25) is 14.9 Å². The second kappa shape index (κ2) is 9.19. The number of nitrogens with zero attached hydrogens (tertiary/aromatic N) is 1. The number of anilines is 1. The molecule has 2 aromatic carbocycles. The molecule has 0 radical (unpaired) electrons. The largest absolute Gasteiger partial charge is 0.356 e. The maximum absolute atomic E-state index is 12.5. The van der Waals surface area contributed by atoms with Gasteiger partial charge in [-0.05, 0) is 30.2 Å². The fourth-order valence-corrected chi connectivity index (χ4v) is 4.11. The number of carbonyl (C=O) groups is 2. The monoisotopic (exact) mass is 443 g/mol. The summed E-state index contributed by atoms with van der Waals surface area (Å²) < 4.78 is 23.4.